The minimum absolute atomic E-state index is 0.299. The maximum absolute atomic E-state index is 10.6. The summed E-state index contributed by atoms with van der Waals surface area (Å²) < 4.78 is 31.8. The normalized spacial score (nSPS) is 14.7. The van der Waals surface area contributed by atoms with Crippen LogP contribution in [-0.2, 0) is 10.1 Å². The van der Waals surface area contributed by atoms with Gasteiger partial charge in [-0.2, -0.15) is 0 Å². The smallest absolute Gasteiger partial charge is 0.0946 e. The van der Waals surface area contributed by atoms with Crippen LogP contribution in [0.4, 0.5) is 5.69 Å². The lowest BCUT2D eigenvalue weighted by molar-refractivity contribution is 0.461. The fourth-order valence-corrected chi connectivity index (χ4v) is 2.45. The molecule has 2 rings (SSSR count). The van der Waals surface area contributed by atoms with Crippen LogP contribution in [0.5, 0.6) is 0 Å². The van der Waals surface area contributed by atoms with Crippen LogP contribution in [0.25, 0.3) is 6.08 Å². The highest BCUT2D eigenvalue weighted by atomic mass is 32.2. The van der Waals surface area contributed by atoms with Crippen molar-refractivity contribution in [1.29, 1.82) is 0 Å². The summed E-state index contributed by atoms with van der Waals surface area (Å²) >= 11 is 0. The summed E-state index contributed by atoms with van der Waals surface area (Å²) in [6, 6.07) is 7.80. The Morgan fingerprint density at radius 1 is 1.22 bits per heavy atom. The lowest BCUT2D eigenvalue weighted by atomic mass is 10.1. The van der Waals surface area contributed by atoms with E-state index in [9.17, 15) is 13.0 Å². The second-order valence-electron chi connectivity index (χ2n) is 4.15. The Morgan fingerprint density at radius 3 is 2.67 bits per heavy atom. The molecular formula is C13H14NO3S-. The molecule has 0 N–H and O–H groups in total. The number of hydrogen-bond acceptors (Lipinski definition) is 4. The zero-order chi connectivity index (χ0) is 13.2. The molecule has 0 aromatic heterocycles. The van der Waals surface area contributed by atoms with Crippen molar-refractivity contribution in [3.63, 3.8) is 0 Å². The molecule has 0 atom stereocenters. The second-order valence-corrected chi connectivity index (χ2v) is 5.67. The molecule has 0 saturated carbocycles. The van der Waals surface area contributed by atoms with Crippen molar-refractivity contribution in [2.75, 3.05) is 17.2 Å². The number of rotatable bonds is 4. The molecule has 4 nitrogen and oxygen atoms in total. The molecule has 1 aliphatic heterocycles. The molecule has 0 radical (unpaired) electrons. The Balaban J connectivity index is 2.13. The highest BCUT2D eigenvalue weighted by Crippen LogP contribution is 2.29. The van der Waals surface area contributed by atoms with Gasteiger partial charge in [0.15, 0.2) is 0 Å². The summed E-state index contributed by atoms with van der Waals surface area (Å²) in [7, 11) is -4.14. The Bertz CT molecular complexity index is 590. The summed E-state index contributed by atoms with van der Waals surface area (Å²) in [6.07, 6.45) is 4.15. The van der Waals surface area contributed by atoms with Crippen molar-refractivity contribution in [2.24, 2.45) is 0 Å². The molecule has 96 valence electrons. The van der Waals surface area contributed by atoms with Gasteiger partial charge in [0.2, 0.25) is 0 Å². The van der Waals surface area contributed by atoms with Gasteiger partial charge < -0.3 is 9.45 Å². The first kappa shape index (κ1) is 12.9. The minimum atomic E-state index is -4.14. The summed E-state index contributed by atoms with van der Waals surface area (Å²) in [5.74, 6) is -0.345. The van der Waals surface area contributed by atoms with E-state index in [-0.39, 0.29) is 5.75 Å². The maximum atomic E-state index is 10.6. The van der Waals surface area contributed by atoms with Crippen LogP contribution in [0.3, 0.4) is 0 Å². The lowest BCUT2D eigenvalue weighted by Crippen LogP contribution is -2.26. The fourth-order valence-electron chi connectivity index (χ4n) is 1.97. The third kappa shape index (κ3) is 3.00. The second kappa shape index (κ2) is 4.96. The topological polar surface area (TPSA) is 60.4 Å². The molecule has 1 aromatic rings. The van der Waals surface area contributed by atoms with Gasteiger partial charge in [-0.05, 0) is 24.1 Å². The van der Waals surface area contributed by atoms with E-state index >= 15 is 0 Å². The molecule has 0 unspecified atom stereocenters. The van der Waals surface area contributed by atoms with Gasteiger partial charge in [0.1, 0.15) is 0 Å². The highest BCUT2D eigenvalue weighted by Gasteiger charge is 2.15. The van der Waals surface area contributed by atoms with Gasteiger partial charge in [-0.3, -0.25) is 0 Å². The van der Waals surface area contributed by atoms with Gasteiger partial charge in [0, 0.05) is 23.7 Å². The van der Waals surface area contributed by atoms with Gasteiger partial charge in [-0.25, -0.2) is 8.42 Å². The Morgan fingerprint density at radius 2 is 1.94 bits per heavy atom. The molecule has 1 heterocycles. The molecule has 0 amide bonds. The van der Waals surface area contributed by atoms with Crippen molar-refractivity contribution in [1.82, 2.24) is 0 Å². The molecule has 0 aliphatic carbocycles. The van der Waals surface area contributed by atoms with Crippen LogP contribution in [0, 0.1) is 0 Å². The van der Waals surface area contributed by atoms with Crippen LogP contribution in [0.1, 0.15) is 12.0 Å². The Labute approximate surface area is 107 Å². The molecule has 1 aliphatic rings. The molecule has 0 fully saturated rings. The number of fused-ring (bicyclic) bond motifs is 1. The molecular weight excluding hydrogens is 250 g/mol. The van der Waals surface area contributed by atoms with Gasteiger partial charge >= 0.3 is 0 Å². The van der Waals surface area contributed by atoms with Gasteiger partial charge in [0.25, 0.3) is 0 Å². The van der Waals surface area contributed by atoms with Crippen LogP contribution < -0.4 is 4.90 Å². The first-order chi connectivity index (χ1) is 8.47. The Kier molecular flexibility index (Phi) is 3.54. The third-order valence-electron chi connectivity index (χ3n) is 2.81. The SMILES string of the molecule is C=C1C=Cc2ccccc2N1CCCS(=O)(=O)[O-]. The van der Waals surface area contributed by atoms with E-state index in [1.165, 1.54) is 0 Å². The summed E-state index contributed by atoms with van der Waals surface area (Å²) in [5.41, 5.74) is 2.86. The first-order valence-corrected chi connectivity index (χ1v) is 7.22. The molecule has 5 heteroatoms. The van der Waals surface area contributed by atoms with E-state index in [1.807, 2.05) is 41.3 Å². The largest absolute Gasteiger partial charge is 0.748 e. The quantitative estimate of drug-likeness (QED) is 0.780. The summed E-state index contributed by atoms with van der Waals surface area (Å²) in [5, 5.41) is 0. The van der Waals surface area contributed by atoms with Crippen molar-refractivity contribution in [3.05, 3.63) is 48.2 Å². The predicted octanol–water partition coefficient (Wildman–Crippen LogP) is 1.97. The average Bonchev–Trinajstić information content (AvgIpc) is 2.31. The molecule has 18 heavy (non-hydrogen) atoms. The van der Waals surface area contributed by atoms with Gasteiger partial charge in [-0.1, -0.05) is 30.9 Å². The number of hydrogen-bond donors (Lipinski definition) is 0. The molecule has 0 bridgehead atoms. The van der Waals surface area contributed by atoms with Gasteiger partial charge in [-0.15, -0.1) is 0 Å². The van der Waals surface area contributed by atoms with Crippen molar-refractivity contribution >= 4 is 21.9 Å². The lowest BCUT2D eigenvalue weighted by Gasteiger charge is -2.29. The van der Waals surface area contributed by atoms with E-state index in [1.54, 1.807) is 0 Å². The maximum Gasteiger partial charge on any atom is 0.0946 e. The summed E-state index contributed by atoms with van der Waals surface area (Å²) in [6.45, 7) is 4.39. The number of allylic oxidation sites excluding steroid dienone is 1. The zero-order valence-electron chi connectivity index (χ0n) is 9.87. The minimum Gasteiger partial charge on any atom is -0.748 e. The Hall–Kier alpha value is -1.59. The monoisotopic (exact) mass is 264 g/mol. The number of benzene rings is 1. The number of nitrogens with zero attached hydrogens (tertiary/aromatic N) is 1. The van der Waals surface area contributed by atoms with Crippen molar-refractivity contribution in [3.8, 4) is 0 Å². The van der Waals surface area contributed by atoms with Crippen molar-refractivity contribution in [2.45, 2.75) is 6.42 Å². The van der Waals surface area contributed by atoms with Crippen molar-refractivity contribution < 1.29 is 13.0 Å². The average molecular weight is 264 g/mol. The van der Waals surface area contributed by atoms with E-state index < -0.39 is 10.1 Å². The van der Waals surface area contributed by atoms with E-state index in [4.69, 9.17) is 0 Å². The van der Waals surface area contributed by atoms with Crippen LogP contribution in [-0.4, -0.2) is 25.3 Å². The fraction of sp³-hybridized carbons (Fsp3) is 0.231. The predicted molar refractivity (Wildman–Crippen MR) is 71.1 cm³/mol. The first-order valence-electron chi connectivity index (χ1n) is 5.64. The van der Waals surface area contributed by atoms with E-state index in [2.05, 4.69) is 6.58 Å². The standard InChI is InChI=1S/C13H15NO3S/c1-11-7-8-12-5-2-3-6-13(12)14(11)9-4-10-18(15,16)17/h2-3,5-8H,1,4,9-10H2,(H,15,16,17)/p-1. The zero-order valence-corrected chi connectivity index (χ0v) is 10.7. The molecule has 0 saturated heterocycles. The summed E-state index contributed by atoms with van der Waals surface area (Å²) in [4.78, 5) is 1.93. The van der Waals surface area contributed by atoms with Gasteiger partial charge in [0.05, 0.1) is 10.1 Å². The molecule has 1 aromatic carbocycles. The van der Waals surface area contributed by atoms with E-state index in [0.717, 1.165) is 16.9 Å². The number of anilines is 1. The van der Waals surface area contributed by atoms with E-state index in [0.29, 0.717) is 13.0 Å². The third-order valence-corrected chi connectivity index (χ3v) is 3.59. The van der Waals surface area contributed by atoms with Crippen LogP contribution in [0.2, 0.25) is 0 Å². The molecule has 0 spiro atoms. The number of para-hydroxylation sites is 1. The van der Waals surface area contributed by atoms with Crippen LogP contribution in [0.15, 0.2) is 42.6 Å². The van der Waals surface area contributed by atoms with Crippen LogP contribution >= 0.6 is 0 Å². The highest BCUT2D eigenvalue weighted by molar-refractivity contribution is 7.85.